The van der Waals surface area contributed by atoms with Gasteiger partial charge in [0, 0.05) is 6.04 Å². The predicted octanol–water partition coefficient (Wildman–Crippen LogP) is 0.691. The molecule has 0 spiro atoms. The van der Waals surface area contributed by atoms with Gasteiger partial charge in [-0.25, -0.2) is 17.5 Å². The first-order valence-corrected chi connectivity index (χ1v) is 8.01. The van der Waals surface area contributed by atoms with Crippen molar-refractivity contribution in [2.24, 2.45) is 0 Å². The Kier molecular flexibility index (Phi) is 4.74. The number of aliphatic hydroxyl groups excluding tert-OH is 1. The van der Waals surface area contributed by atoms with Crippen LogP contribution in [0.15, 0.2) is 23.1 Å². The maximum Gasteiger partial charge on any atom is 0.241 e. The summed E-state index contributed by atoms with van der Waals surface area (Å²) in [7, 11) is -1.82. The van der Waals surface area contributed by atoms with Crippen LogP contribution in [0.25, 0.3) is 0 Å². The fourth-order valence-corrected chi connectivity index (χ4v) is 3.87. The summed E-state index contributed by atoms with van der Waals surface area (Å²) >= 11 is 0. The Morgan fingerprint density at radius 1 is 1.40 bits per heavy atom. The zero-order valence-corrected chi connectivity index (χ0v) is 12.2. The van der Waals surface area contributed by atoms with Gasteiger partial charge in [-0.2, -0.15) is 0 Å². The molecule has 0 saturated carbocycles. The summed E-state index contributed by atoms with van der Waals surface area (Å²) in [5, 5.41) is 9.19. The lowest BCUT2D eigenvalue weighted by Crippen LogP contribution is -2.43. The first kappa shape index (κ1) is 15.4. The van der Waals surface area contributed by atoms with Gasteiger partial charge < -0.3 is 10.0 Å². The number of nitrogens with zero attached hydrogens (tertiary/aromatic N) is 1. The molecule has 0 bridgehead atoms. The maximum absolute atomic E-state index is 13.3. The SMILES string of the molecule is CN1CCC(NS(=O)(=O)c2cc(F)ccc2CO)CC1. The number of benzene rings is 1. The van der Waals surface area contributed by atoms with Gasteiger partial charge >= 0.3 is 0 Å². The molecule has 7 heteroatoms. The van der Waals surface area contributed by atoms with E-state index in [0.29, 0.717) is 0 Å². The molecule has 2 rings (SSSR count). The van der Waals surface area contributed by atoms with Crippen LogP contribution >= 0.6 is 0 Å². The molecule has 2 N–H and O–H groups in total. The van der Waals surface area contributed by atoms with Crippen molar-refractivity contribution < 1.29 is 17.9 Å². The van der Waals surface area contributed by atoms with Crippen molar-refractivity contribution in [3.63, 3.8) is 0 Å². The first-order chi connectivity index (χ1) is 9.42. The van der Waals surface area contributed by atoms with Crippen molar-refractivity contribution in [1.29, 1.82) is 0 Å². The van der Waals surface area contributed by atoms with Gasteiger partial charge in [-0.3, -0.25) is 0 Å². The molecule has 1 heterocycles. The molecule has 1 fully saturated rings. The lowest BCUT2D eigenvalue weighted by atomic mass is 10.1. The molecule has 5 nitrogen and oxygen atoms in total. The summed E-state index contributed by atoms with van der Waals surface area (Å²) in [4.78, 5) is 1.95. The summed E-state index contributed by atoms with van der Waals surface area (Å²) in [6.07, 6.45) is 1.44. The van der Waals surface area contributed by atoms with Gasteiger partial charge in [0.2, 0.25) is 10.0 Å². The van der Waals surface area contributed by atoms with Crippen molar-refractivity contribution in [3.05, 3.63) is 29.6 Å². The highest BCUT2D eigenvalue weighted by Crippen LogP contribution is 2.19. The third-order valence-electron chi connectivity index (χ3n) is 3.53. The molecule has 0 radical (unpaired) electrons. The number of piperidine rings is 1. The van der Waals surface area contributed by atoms with Crippen molar-refractivity contribution >= 4 is 10.0 Å². The Bertz CT molecular complexity index is 569. The molecule has 0 aromatic heterocycles. The van der Waals surface area contributed by atoms with E-state index in [1.807, 2.05) is 7.05 Å². The lowest BCUT2D eigenvalue weighted by molar-refractivity contribution is 0.248. The zero-order valence-electron chi connectivity index (χ0n) is 11.3. The van der Waals surface area contributed by atoms with Crippen molar-refractivity contribution in [3.8, 4) is 0 Å². The number of rotatable bonds is 4. The summed E-state index contributed by atoms with van der Waals surface area (Å²) in [5.74, 6) is -0.633. The Labute approximate surface area is 118 Å². The first-order valence-electron chi connectivity index (χ1n) is 6.52. The van der Waals surface area contributed by atoms with Gasteiger partial charge in [0.25, 0.3) is 0 Å². The molecule has 20 heavy (non-hydrogen) atoms. The summed E-state index contributed by atoms with van der Waals surface area (Å²) in [6.45, 7) is 1.20. The largest absolute Gasteiger partial charge is 0.392 e. The standard InChI is InChI=1S/C13H19FN2O3S/c1-16-6-4-12(5-7-16)15-20(18,19)13-8-11(14)3-2-10(13)9-17/h2-3,8,12,15,17H,4-7,9H2,1H3. The molecule has 1 aromatic carbocycles. The van der Waals surface area contributed by atoms with Crippen LogP contribution in [0.5, 0.6) is 0 Å². The molecule has 1 saturated heterocycles. The highest BCUT2D eigenvalue weighted by molar-refractivity contribution is 7.89. The van der Waals surface area contributed by atoms with E-state index in [2.05, 4.69) is 9.62 Å². The normalized spacial score (nSPS) is 18.4. The lowest BCUT2D eigenvalue weighted by Gasteiger charge is -2.29. The minimum absolute atomic E-state index is 0.147. The number of nitrogens with one attached hydrogen (secondary N) is 1. The Balaban J connectivity index is 2.20. The minimum atomic E-state index is -3.81. The minimum Gasteiger partial charge on any atom is -0.392 e. The van der Waals surface area contributed by atoms with Gasteiger partial charge in [-0.05, 0) is 50.7 Å². The molecule has 1 aliphatic heterocycles. The van der Waals surface area contributed by atoms with Gasteiger partial charge in [0.1, 0.15) is 5.82 Å². The zero-order chi connectivity index (χ0) is 14.8. The number of sulfonamides is 1. The molecular weight excluding hydrogens is 283 g/mol. The topological polar surface area (TPSA) is 69.6 Å². The second kappa shape index (κ2) is 6.17. The molecule has 0 amide bonds. The number of halogens is 1. The molecule has 1 aromatic rings. The van der Waals surface area contributed by atoms with E-state index < -0.39 is 22.4 Å². The summed E-state index contributed by atoms with van der Waals surface area (Å²) in [6, 6.07) is 3.23. The number of hydrogen-bond acceptors (Lipinski definition) is 4. The van der Waals surface area contributed by atoms with E-state index in [4.69, 9.17) is 0 Å². The Morgan fingerprint density at radius 2 is 2.05 bits per heavy atom. The fourth-order valence-electron chi connectivity index (χ4n) is 2.32. The molecule has 0 aliphatic carbocycles. The van der Waals surface area contributed by atoms with E-state index in [1.54, 1.807) is 0 Å². The molecule has 112 valence electrons. The van der Waals surface area contributed by atoms with Crippen molar-refractivity contribution in [2.45, 2.75) is 30.4 Å². The van der Waals surface area contributed by atoms with E-state index in [9.17, 15) is 17.9 Å². The van der Waals surface area contributed by atoms with Crippen LogP contribution in [0.3, 0.4) is 0 Å². The number of likely N-dealkylation sites (tertiary alicyclic amines) is 1. The predicted molar refractivity (Wildman–Crippen MR) is 73.2 cm³/mol. The van der Waals surface area contributed by atoms with Crippen LogP contribution in [0, 0.1) is 5.82 Å². The van der Waals surface area contributed by atoms with Gasteiger partial charge in [-0.1, -0.05) is 6.07 Å². The quantitative estimate of drug-likeness (QED) is 0.858. The van der Waals surface area contributed by atoms with Gasteiger partial charge in [0.15, 0.2) is 0 Å². The molecule has 0 atom stereocenters. The average Bonchev–Trinajstić information content (AvgIpc) is 2.41. The smallest absolute Gasteiger partial charge is 0.241 e. The van der Waals surface area contributed by atoms with E-state index in [1.165, 1.54) is 6.07 Å². The van der Waals surface area contributed by atoms with Gasteiger partial charge in [0.05, 0.1) is 11.5 Å². The third kappa shape index (κ3) is 3.54. The highest BCUT2D eigenvalue weighted by Gasteiger charge is 2.25. The van der Waals surface area contributed by atoms with Gasteiger partial charge in [-0.15, -0.1) is 0 Å². The monoisotopic (exact) mass is 302 g/mol. The summed E-state index contributed by atoms with van der Waals surface area (Å²) in [5.41, 5.74) is 0.201. The molecular formula is C13H19FN2O3S. The van der Waals surface area contributed by atoms with E-state index >= 15 is 0 Å². The Hall–Kier alpha value is -1.02. The third-order valence-corrected chi connectivity index (χ3v) is 5.13. The number of hydrogen-bond donors (Lipinski definition) is 2. The Morgan fingerprint density at radius 3 is 2.65 bits per heavy atom. The highest BCUT2D eigenvalue weighted by atomic mass is 32.2. The van der Waals surface area contributed by atoms with Crippen molar-refractivity contribution in [1.82, 2.24) is 9.62 Å². The van der Waals surface area contributed by atoms with Crippen LogP contribution in [-0.2, 0) is 16.6 Å². The van der Waals surface area contributed by atoms with E-state index in [-0.39, 0.29) is 16.5 Å². The van der Waals surface area contributed by atoms with Crippen LogP contribution in [0.2, 0.25) is 0 Å². The van der Waals surface area contributed by atoms with Crippen LogP contribution in [0.1, 0.15) is 18.4 Å². The summed E-state index contributed by atoms with van der Waals surface area (Å²) < 4.78 is 40.5. The van der Waals surface area contributed by atoms with Crippen molar-refractivity contribution in [2.75, 3.05) is 20.1 Å². The second-order valence-electron chi connectivity index (χ2n) is 5.11. The molecule has 1 aliphatic rings. The number of aliphatic hydroxyl groups is 1. The average molecular weight is 302 g/mol. The van der Waals surface area contributed by atoms with Crippen LogP contribution in [0.4, 0.5) is 4.39 Å². The van der Waals surface area contributed by atoms with Crippen LogP contribution < -0.4 is 4.72 Å². The second-order valence-corrected chi connectivity index (χ2v) is 6.79. The maximum atomic E-state index is 13.3. The van der Waals surface area contributed by atoms with E-state index in [0.717, 1.165) is 38.1 Å². The van der Waals surface area contributed by atoms with Crippen LogP contribution in [-0.4, -0.2) is 44.6 Å². The fraction of sp³-hybridized carbons (Fsp3) is 0.538. The molecule has 0 unspecified atom stereocenters.